The Bertz CT molecular complexity index is 357. The number of aromatic nitrogens is 3. The molecule has 1 aromatic rings. The molecule has 1 atom stereocenters. The van der Waals surface area contributed by atoms with Crippen LogP contribution in [0.5, 0.6) is 0 Å². The van der Waals surface area contributed by atoms with Gasteiger partial charge in [-0.05, 0) is 26.2 Å². The molecular weight excluding hydrogens is 206 g/mol. The molecule has 0 bridgehead atoms. The molecule has 1 unspecified atom stereocenters. The van der Waals surface area contributed by atoms with E-state index in [2.05, 4.69) is 15.4 Å². The molecule has 1 heterocycles. The molecule has 6 nitrogen and oxygen atoms in total. The number of rotatable bonds is 4. The maximum Gasteiger partial charge on any atom is 0.244 e. The lowest BCUT2D eigenvalue weighted by Gasteiger charge is -2.38. The number of nitrogens with zero attached hydrogens (tertiary/aromatic N) is 3. The summed E-state index contributed by atoms with van der Waals surface area (Å²) in [4.78, 5) is 15.6. The number of carbonyl (C=O) groups excluding carboxylic acids is 1. The minimum absolute atomic E-state index is 0.0674. The molecule has 0 saturated heterocycles. The van der Waals surface area contributed by atoms with Gasteiger partial charge in [0.25, 0.3) is 0 Å². The van der Waals surface area contributed by atoms with Gasteiger partial charge in [-0.2, -0.15) is 5.10 Å². The van der Waals surface area contributed by atoms with E-state index in [1.165, 1.54) is 17.3 Å². The molecule has 16 heavy (non-hydrogen) atoms. The summed E-state index contributed by atoms with van der Waals surface area (Å²) in [6.45, 7) is 2.33. The first-order valence-electron chi connectivity index (χ1n) is 5.51. The highest BCUT2D eigenvalue weighted by atomic mass is 16.2. The van der Waals surface area contributed by atoms with Crippen LogP contribution in [-0.2, 0) is 4.79 Å². The number of amides is 1. The predicted molar refractivity (Wildman–Crippen MR) is 58.5 cm³/mol. The van der Waals surface area contributed by atoms with E-state index in [1.807, 2.05) is 0 Å². The zero-order valence-corrected chi connectivity index (χ0v) is 9.39. The first kappa shape index (κ1) is 11.1. The lowest BCUT2D eigenvalue weighted by molar-refractivity contribution is -0.124. The molecule has 1 amide bonds. The minimum atomic E-state index is -0.342. The Morgan fingerprint density at radius 1 is 1.69 bits per heavy atom. The monoisotopic (exact) mass is 223 g/mol. The molecule has 0 aromatic carbocycles. The second-order valence-corrected chi connectivity index (χ2v) is 4.49. The molecule has 1 aliphatic rings. The minimum Gasteiger partial charge on any atom is -0.352 e. The summed E-state index contributed by atoms with van der Waals surface area (Å²) in [6, 6.07) is -0.342. The normalized spacial score (nSPS) is 19.9. The van der Waals surface area contributed by atoms with Gasteiger partial charge in [-0.25, -0.2) is 9.67 Å². The fourth-order valence-electron chi connectivity index (χ4n) is 1.76. The van der Waals surface area contributed by atoms with Crippen LogP contribution in [0.15, 0.2) is 12.7 Å². The van der Waals surface area contributed by atoms with Crippen LogP contribution in [0.2, 0.25) is 0 Å². The van der Waals surface area contributed by atoms with Crippen molar-refractivity contribution in [3.8, 4) is 0 Å². The molecule has 2 rings (SSSR count). The quantitative estimate of drug-likeness (QED) is 0.742. The maximum absolute atomic E-state index is 11.8. The van der Waals surface area contributed by atoms with Gasteiger partial charge in [0.2, 0.25) is 5.91 Å². The largest absolute Gasteiger partial charge is 0.352 e. The smallest absolute Gasteiger partial charge is 0.244 e. The zero-order chi connectivity index (χ0) is 11.6. The van der Waals surface area contributed by atoms with E-state index in [9.17, 15) is 4.79 Å². The number of nitrogens with one attached hydrogen (secondary N) is 1. The van der Waals surface area contributed by atoms with Gasteiger partial charge in [-0.1, -0.05) is 0 Å². The van der Waals surface area contributed by atoms with Crippen molar-refractivity contribution in [3.63, 3.8) is 0 Å². The third kappa shape index (κ3) is 2.21. The number of nitrogens with two attached hydrogens (primary N) is 1. The summed E-state index contributed by atoms with van der Waals surface area (Å²) >= 11 is 0. The molecule has 1 saturated carbocycles. The topological polar surface area (TPSA) is 85.8 Å². The van der Waals surface area contributed by atoms with Gasteiger partial charge in [0.15, 0.2) is 0 Å². The van der Waals surface area contributed by atoms with Crippen LogP contribution in [0.3, 0.4) is 0 Å². The lowest BCUT2D eigenvalue weighted by atomic mass is 9.78. The van der Waals surface area contributed by atoms with Gasteiger partial charge in [-0.15, -0.1) is 0 Å². The van der Waals surface area contributed by atoms with Crippen molar-refractivity contribution in [2.45, 2.75) is 37.8 Å². The van der Waals surface area contributed by atoms with Crippen LogP contribution < -0.4 is 11.1 Å². The standard InChI is InChI=1S/C10H17N5O/c1-8(15-7-12-6-14-15)9(16)13-5-10(11)3-2-4-10/h6-8H,2-5,11H2,1H3,(H,13,16). The van der Waals surface area contributed by atoms with Crippen LogP contribution in [0.4, 0.5) is 0 Å². The van der Waals surface area contributed by atoms with Crippen LogP contribution in [0.1, 0.15) is 32.2 Å². The van der Waals surface area contributed by atoms with Crippen molar-refractivity contribution in [3.05, 3.63) is 12.7 Å². The van der Waals surface area contributed by atoms with Crippen LogP contribution in [0.25, 0.3) is 0 Å². The van der Waals surface area contributed by atoms with E-state index in [0.717, 1.165) is 19.3 Å². The van der Waals surface area contributed by atoms with Crippen LogP contribution in [0, 0.1) is 0 Å². The second kappa shape index (κ2) is 4.21. The van der Waals surface area contributed by atoms with Gasteiger partial charge in [-0.3, -0.25) is 4.79 Å². The number of hydrogen-bond acceptors (Lipinski definition) is 4. The van der Waals surface area contributed by atoms with Crippen molar-refractivity contribution in [2.75, 3.05) is 6.54 Å². The third-order valence-corrected chi connectivity index (χ3v) is 3.18. The molecule has 6 heteroatoms. The van der Waals surface area contributed by atoms with Crippen molar-refractivity contribution >= 4 is 5.91 Å². The second-order valence-electron chi connectivity index (χ2n) is 4.49. The third-order valence-electron chi connectivity index (χ3n) is 3.18. The van der Waals surface area contributed by atoms with E-state index >= 15 is 0 Å². The maximum atomic E-state index is 11.8. The lowest BCUT2D eigenvalue weighted by Crippen LogP contribution is -2.55. The highest BCUT2D eigenvalue weighted by molar-refractivity contribution is 5.79. The molecule has 0 spiro atoms. The Labute approximate surface area is 94.2 Å². The summed E-state index contributed by atoms with van der Waals surface area (Å²) in [6.07, 6.45) is 6.09. The summed E-state index contributed by atoms with van der Waals surface area (Å²) in [5.74, 6) is -0.0674. The average Bonchev–Trinajstić information content (AvgIpc) is 2.75. The first-order chi connectivity index (χ1) is 7.61. The molecule has 1 fully saturated rings. The Morgan fingerprint density at radius 3 is 2.94 bits per heavy atom. The van der Waals surface area contributed by atoms with E-state index in [4.69, 9.17) is 5.73 Å². The van der Waals surface area contributed by atoms with E-state index in [0.29, 0.717) is 6.54 Å². The summed E-state index contributed by atoms with van der Waals surface area (Å²) in [5.41, 5.74) is 5.84. The van der Waals surface area contributed by atoms with Crippen molar-refractivity contribution in [2.24, 2.45) is 5.73 Å². The van der Waals surface area contributed by atoms with Gasteiger partial charge >= 0.3 is 0 Å². The summed E-state index contributed by atoms with van der Waals surface area (Å²) in [7, 11) is 0. The highest BCUT2D eigenvalue weighted by Gasteiger charge is 2.33. The van der Waals surface area contributed by atoms with Gasteiger partial charge in [0, 0.05) is 12.1 Å². The van der Waals surface area contributed by atoms with Crippen LogP contribution >= 0.6 is 0 Å². The first-order valence-corrected chi connectivity index (χ1v) is 5.51. The highest BCUT2D eigenvalue weighted by Crippen LogP contribution is 2.28. The predicted octanol–water partition coefficient (Wildman–Crippen LogP) is -0.163. The Balaban J connectivity index is 1.84. The van der Waals surface area contributed by atoms with Crippen molar-refractivity contribution in [1.82, 2.24) is 20.1 Å². The molecular formula is C10H17N5O. The van der Waals surface area contributed by atoms with Crippen LogP contribution in [-0.4, -0.2) is 32.8 Å². The van der Waals surface area contributed by atoms with Gasteiger partial charge in [0.1, 0.15) is 18.7 Å². The van der Waals surface area contributed by atoms with Gasteiger partial charge < -0.3 is 11.1 Å². The van der Waals surface area contributed by atoms with Crippen molar-refractivity contribution < 1.29 is 4.79 Å². The Kier molecular flexibility index (Phi) is 2.91. The summed E-state index contributed by atoms with van der Waals surface area (Å²) < 4.78 is 1.53. The molecule has 1 aromatic heterocycles. The fraction of sp³-hybridized carbons (Fsp3) is 0.700. The molecule has 3 N–H and O–H groups in total. The SMILES string of the molecule is CC(C(=O)NCC1(N)CCC1)n1cncn1. The van der Waals surface area contributed by atoms with Crippen molar-refractivity contribution in [1.29, 1.82) is 0 Å². The Hall–Kier alpha value is -1.43. The number of carbonyl (C=O) groups is 1. The molecule has 1 aliphatic carbocycles. The Morgan fingerprint density at radius 2 is 2.44 bits per heavy atom. The fourth-order valence-corrected chi connectivity index (χ4v) is 1.76. The molecule has 88 valence electrons. The zero-order valence-electron chi connectivity index (χ0n) is 9.39. The van der Waals surface area contributed by atoms with Gasteiger partial charge in [0.05, 0.1) is 0 Å². The summed E-state index contributed by atoms with van der Waals surface area (Å²) in [5, 5.41) is 6.79. The molecule has 0 aliphatic heterocycles. The van der Waals surface area contributed by atoms with E-state index < -0.39 is 0 Å². The number of hydrogen-bond donors (Lipinski definition) is 2. The average molecular weight is 223 g/mol. The molecule has 0 radical (unpaired) electrons. The van der Waals surface area contributed by atoms with E-state index in [1.54, 1.807) is 6.92 Å². The van der Waals surface area contributed by atoms with E-state index in [-0.39, 0.29) is 17.5 Å².